The van der Waals surface area contributed by atoms with Crippen LogP contribution in [0.4, 0.5) is 5.69 Å². The van der Waals surface area contributed by atoms with Gasteiger partial charge in [0.05, 0.1) is 28.1 Å². The first-order valence-electron chi connectivity index (χ1n) is 4.74. The van der Waals surface area contributed by atoms with E-state index in [0.717, 1.165) is 0 Å². The number of nitrogens with zero attached hydrogens (tertiary/aromatic N) is 1. The Labute approximate surface area is 110 Å². The maximum atomic E-state index is 11.6. The molecule has 7 heteroatoms. The molecule has 0 atom stereocenters. The van der Waals surface area contributed by atoms with Gasteiger partial charge in [-0.2, -0.15) is 5.26 Å². The van der Waals surface area contributed by atoms with E-state index in [9.17, 15) is 8.42 Å². The minimum Gasteiger partial charge on any atom is -0.282 e. The number of sulfonamides is 1. The Hall–Kier alpha value is -0.960. The highest BCUT2D eigenvalue weighted by Gasteiger charge is 2.12. The molecule has 1 N–H and O–H groups in total. The van der Waals surface area contributed by atoms with Crippen molar-refractivity contribution in [1.82, 2.24) is 0 Å². The fourth-order valence-electron chi connectivity index (χ4n) is 1.14. The summed E-state index contributed by atoms with van der Waals surface area (Å²) in [6, 6.07) is 6.28. The van der Waals surface area contributed by atoms with Gasteiger partial charge in [0, 0.05) is 5.88 Å². The summed E-state index contributed by atoms with van der Waals surface area (Å²) < 4.78 is 25.5. The third kappa shape index (κ3) is 4.43. The zero-order valence-electron chi connectivity index (χ0n) is 8.78. The van der Waals surface area contributed by atoms with Crippen LogP contribution in [-0.4, -0.2) is 20.1 Å². The van der Waals surface area contributed by atoms with Crippen LogP contribution >= 0.6 is 23.2 Å². The molecule has 1 aromatic rings. The minimum atomic E-state index is -3.47. The van der Waals surface area contributed by atoms with E-state index in [1.165, 1.54) is 18.2 Å². The van der Waals surface area contributed by atoms with Gasteiger partial charge in [-0.3, -0.25) is 4.72 Å². The molecule has 0 unspecified atom stereocenters. The molecule has 17 heavy (non-hydrogen) atoms. The molecule has 1 aromatic carbocycles. The van der Waals surface area contributed by atoms with E-state index >= 15 is 0 Å². The predicted molar refractivity (Wildman–Crippen MR) is 68.9 cm³/mol. The summed E-state index contributed by atoms with van der Waals surface area (Å²) in [4.78, 5) is 0. The van der Waals surface area contributed by atoms with E-state index in [-0.39, 0.29) is 22.3 Å². The van der Waals surface area contributed by atoms with Crippen molar-refractivity contribution in [2.75, 3.05) is 16.4 Å². The van der Waals surface area contributed by atoms with Crippen molar-refractivity contribution >= 4 is 38.9 Å². The van der Waals surface area contributed by atoms with Crippen LogP contribution in [0.15, 0.2) is 18.2 Å². The maximum Gasteiger partial charge on any atom is 0.232 e. The van der Waals surface area contributed by atoms with Gasteiger partial charge in [-0.05, 0) is 24.6 Å². The molecule has 0 aliphatic carbocycles. The van der Waals surface area contributed by atoms with Crippen LogP contribution in [0, 0.1) is 11.3 Å². The molecule has 0 heterocycles. The third-order valence-corrected chi connectivity index (χ3v) is 3.86. The SMILES string of the molecule is N#Cc1ccc(Cl)c(NS(=O)(=O)CCCCl)c1. The number of alkyl halides is 1. The van der Waals surface area contributed by atoms with Crippen molar-refractivity contribution in [1.29, 1.82) is 5.26 Å². The zero-order valence-corrected chi connectivity index (χ0v) is 11.1. The zero-order chi connectivity index (χ0) is 12.9. The van der Waals surface area contributed by atoms with Crippen LogP contribution in [-0.2, 0) is 10.0 Å². The summed E-state index contributed by atoms with van der Waals surface area (Å²) in [6.45, 7) is 0. The molecule has 0 saturated heterocycles. The van der Waals surface area contributed by atoms with Crippen molar-refractivity contribution in [3.8, 4) is 6.07 Å². The Bertz CT molecular complexity index is 538. The van der Waals surface area contributed by atoms with Crippen LogP contribution in [0.1, 0.15) is 12.0 Å². The monoisotopic (exact) mass is 292 g/mol. The van der Waals surface area contributed by atoms with Gasteiger partial charge in [-0.15, -0.1) is 11.6 Å². The largest absolute Gasteiger partial charge is 0.282 e. The average molecular weight is 293 g/mol. The third-order valence-electron chi connectivity index (χ3n) is 1.91. The lowest BCUT2D eigenvalue weighted by atomic mass is 10.2. The van der Waals surface area contributed by atoms with E-state index < -0.39 is 10.0 Å². The van der Waals surface area contributed by atoms with Gasteiger partial charge in [-0.1, -0.05) is 11.6 Å². The van der Waals surface area contributed by atoms with Crippen molar-refractivity contribution in [3.63, 3.8) is 0 Å². The molecule has 0 radical (unpaired) electrons. The van der Waals surface area contributed by atoms with E-state index in [4.69, 9.17) is 28.5 Å². The summed E-state index contributed by atoms with van der Waals surface area (Å²) in [5.41, 5.74) is 0.546. The van der Waals surface area contributed by atoms with Crippen molar-refractivity contribution in [2.24, 2.45) is 0 Å². The second-order valence-corrected chi connectivity index (χ2v) is 5.90. The number of hydrogen-bond acceptors (Lipinski definition) is 3. The van der Waals surface area contributed by atoms with Crippen LogP contribution in [0.5, 0.6) is 0 Å². The molecule has 1 rings (SSSR count). The number of hydrogen-bond donors (Lipinski definition) is 1. The van der Waals surface area contributed by atoms with E-state index in [1.54, 1.807) is 0 Å². The Morgan fingerprint density at radius 1 is 1.41 bits per heavy atom. The quantitative estimate of drug-likeness (QED) is 0.848. The first-order valence-corrected chi connectivity index (χ1v) is 7.31. The summed E-state index contributed by atoms with van der Waals surface area (Å²) in [5.74, 6) is 0.191. The van der Waals surface area contributed by atoms with E-state index in [2.05, 4.69) is 4.72 Å². The fourth-order valence-corrected chi connectivity index (χ4v) is 2.78. The second-order valence-electron chi connectivity index (χ2n) is 3.27. The lowest BCUT2D eigenvalue weighted by molar-refractivity contribution is 0.600. The average Bonchev–Trinajstić information content (AvgIpc) is 2.29. The van der Waals surface area contributed by atoms with Crippen LogP contribution < -0.4 is 4.72 Å². The van der Waals surface area contributed by atoms with Crippen LogP contribution in [0.2, 0.25) is 5.02 Å². The summed E-state index contributed by atoms with van der Waals surface area (Å²) in [6.07, 6.45) is 0.354. The predicted octanol–water partition coefficient (Wildman–Crippen LogP) is 2.58. The van der Waals surface area contributed by atoms with Crippen molar-refractivity contribution < 1.29 is 8.42 Å². The van der Waals surface area contributed by atoms with Gasteiger partial charge in [0.15, 0.2) is 0 Å². The van der Waals surface area contributed by atoms with Crippen molar-refractivity contribution in [2.45, 2.75) is 6.42 Å². The van der Waals surface area contributed by atoms with Gasteiger partial charge in [0.25, 0.3) is 0 Å². The molecule has 0 bridgehead atoms. The number of halogens is 2. The Kier molecular flexibility index (Phi) is 5.06. The molecule has 92 valence electrons. The first-order chi connectivity index (χ1) is 7.98. The van der Waals surface area contributed by atoms with Gasteiger partial charge in [0.2, 0.25) is 10.0 Å². The lowest BCUT2D eigenvalue weighted by Gasteiger charge is -2.09. The number of rotatable bonds is 5. The van der Waals surface area contributed by atoms with E-state index in [1.807, 2.05) is 6.07 Å². The van der Waals surface area contributed by atoms with E-state index in [0.29, 0.717) is 12.0 Å². The van der Waals surface area contributed by atoms with Gasteiger partial charge in [0.1, 0.15) is 0 Å². The van der Waals surface area contributed by atoms with Crippen molar-refractivity contribution in [3.05, 3.63) is 28.8 Å². The van der Waals surface area contributed by atoms with Crippen LogP contribution in [0.25, 0.3) is 0 Å². The van der Waals surface area contributed by atoms with Gasteiger partial charge >= 0.3 is 0 Å². The summed E-state index contributed by atoms with van der Waals surface area (Å²) in [5, 5.41) is 8.95. The molecule has 0 aromatic heterocycles. The smallest absolute Gasteiger partial charge is 0.232 e. The van der Waals surface area contributed by atoms with Gasteiger partial charge < -0.3 is 0 Å². The highest BCUT2D eigenvalue weighted by atomic mass is 35.5. The Morgan fingerprint density at radius 2 is 2.12 bits per heavy atom. The lowest BCUT2D eigenvalue weighted by Crippen LogP contribution is -2.17. The molecule has 4 nitrogen and oxygen atoms in total. The second kappa shape index (κ2) is 6.10. The Morgan fingerprint density at radius 3 is 2.71 bits per heavy atom. The Balaban J connectivity index is 2.91. The summed E-state index contributed by atoms with van der Waals surface area (Å²) in [7, 11) is -3.47. The minimum absolute atomic E-state index is 0.0798. The number of benzene rings is 1. The number of nitrogens with one attached hydrogen (secondary N) is 1. The van der Waals surface area contributed by atoms with Gasteiger partial charge in [-0.25, -0.2) is 8.42 Å². The normalized spacial score (nSPS) is 10.9. The molecular weight excluding hydrogens is 283 g/mol. The number of nitriles is 1. The number of anilines is 1. The highest BCUT2D eigenvalue weighted by Crippen LogP contribution is 2.23. The standard InChI is InChI=1S/C10H10Cl2N2O2S/c11-4-1-5-17(15,16)14-10-6-8(7-13)2-3-9(10)12/h2-3,6,14H,1,4-5H2. The molecule has 0 aliphatic heterocycles. The molecule has 0 fully saturated rings. The molecular formula is C10H10Cl2N2O2S. The highest BCUT2D eigenvalue weighted by molar-refractivity contribution is 7.92. The summed E-state index contributed by atoms with van der Waals surface area (Å²) >= 11 is 11.3. The van der Waals surface area contributed by atoms with Crippen LogP contribution in [0.3, 0.4) is 0 Å². The fraction of sp³-hybridized carbons (Fsp3) is 0.300. The topological polar surface area (TPSA) is 70.0 Å². The first kappa shape index (κ1) is 14.1. The molecule has 0 saturated carbocycles. The molecule has 0 aliphatic rings. The molecule has 0 amide bonds. The maximum absolute atomic E-state index is 11.6. The molecule has 0 spiro atoms.